The summed E-state index contributed by atoms with van der Waals surface area (Å²) >= 11 is 1.87. The fourth-order valence-corrected chi connectivity index (χ4v) is 2.51. The van der Waals surface area contributed by atoms with Crippen LogP contribution in [0, 0.1) is 0 Å². The van der Waals surface area contributed by atoms with Gasteiger partial charge in [0.05, 0.1) is 6.20 Å². The monoisotopic (exact) mass is 247 g/mol. The molecule has 1 aromatic carbocycles. The molecular formula is C13H17N3S. The molecule has 90 valence electrons. The van der Waals surface area contributed by atoms with Crippen LogP contribution in [0.1, 0.15) is 11.1 Å². The van der Waals surface area contributed by atoms with Gasteiger partial charge in [0.15, 0.2) is 0 Å². The van der Waals surface area contributed by atoms with E-state index in [1.807, 2.05) is 29.7 Å². The normalized spacial score (nSPS) is 10.7. The lowest BCUT2D eigenvalue weighted by molar-refractivity contribution is 0.767. The van der Waals surface area contributed by atoms with Crippen molar-refractivity contribution in [2.24, 2.45) is 12.8 Å². The first kappa shape index (κ1) is 12.2. The molecular weight excluding hydrogens is 230 g/mol. The molecule has 0 radical (unpaired) electrons. The van der Waals surface area contributed by atoms with Crippen molar-refractivity contribution in [3.63, 3.8) is 0 Å². The molecule has 2 aromatic rings. The number of benzene rings is 1. The highest BCUT2D eigenvalue weighted by Gasteiger charge is 1.98. The molecule has 0 atom stereocenters. The van der Waals surface area contributed by atoms with Crippen LogP contribution in [0.5, 0.6) is 0 Å². The van der Waals surface area contributed by atoms with Gasteiger partial charge < -0.3 is 5.73 Å². The molecule has 3 nitrogen and oxygen atoms in total. The lowest BCUT2D eigenvalue weighted by atomic mass is 10.2. The zero-order chi connectivity index (χ0) is 12.1. The smallest absolute Gasteiger partial charge is 0.0521 e. The van der Waals surface area contributed by atoms with Crippen LogP contribution in [-0.2, 0) is 20.0 Å². The SMILES string of the molecule is Cn1cc(CCSc2ccc(CN)cc2)cn1. The quantitative estimate of drug-likeness (QED) is 0.824. The molecule has 0 amide bonds. The maximum atomic E-state index is 5.56. The molecule has 0 spiro atoms. The summed E-state index contributed by atoms with van der Waals surface area (Å²) < 4.78 is 1.84. The van der Waals surface area contributed by atoms with Crippen LogP contribution in [0.15, 0.2) is 41.6 Å². The van der Waals surface area contributed by atoms with Crippen molar-refractivity contribution < 1.29 is 0 Å². The van der Waals surface area contributed by atoms with Crippen LogP contribution in [0.2, 0.25) is 0 Å². The first-order valence-corrected chi connectivity index (χ1v) is 6.66. The minimum absolute atomic E-state index is 0.612. The van der Waals surface area contributed by atoms with Crippen molar-refractivity contribution in [2.45, 2.75) is 17.9 Å². The van der Waals surface area contributed by atoms with Crippen molar-refractivity contribution in [1.29, 1.82) is 0 Å². The molecule has 2 rings (SSSR count). The topological polar surface area (TPSA) is 43.8 Å². The number of rotatable bonds is 5. The largest absolute Gasteiger partial charge is 0.326 e. The van der Waals surface area contributed by atoms with Gasteiger partial charge in [-0.25, -0.2) is 0 Å². The van der Waals surface area contributed by atoms with E-state index in [0.717, 1.165) is 12.2 Å². The molecule has 17 heavy (non-hydrogen) atoms. The highest BCUT2D eigenvalue weighted by atomic mass is 32.2. The van der Waals surface area contributed by atoms with E-state index in [4.69, 9.17) is 5.73 Å². The van der Waals surface area contributed by atoms with Gasteiger partial charge in [-0.3, -0.25) is 4.68 Å². The average molecular weight is 247 g/mol. The van der Waals surface area contributed by atoms with Crippen molar-refractivity contribution in [3.05, 3.63) is 47.8 Å². The Bertz CT molecular complexity index is 462. The number of hydrogen-bond acceptors (Lipinski definition) is 3. The summed E-state index contributed by atoms with van der Waals surface area (Å²) in [7, 11) is 1.95. The number of thioether (sulfide) groups is 1. The van der Waals surface area contributed by atoms with Crippen molar-refractivity contribution in [2.75, 3.05) is 5.75 Å². The number of nitrogens with zero attached hydrogens (tertiary/aromatic N) is 2. The fourth-order valence-electron chi connectivity index (χ4n) is 1.61. The van der Waals surface area contributed by atoms with E-state index in [1.54, 1.807) is 0 Å². The lowest BCUT2D eigenvalue weighted by Crippen LogP contribution is -1.95. The van der Waals surface area contributed by atoms with E-state index >= 15 is 0 Å². The number of hydrogen-bond donors (Lipinski definition) is 1. The van der Waals surface area contributed by atoms with Crippen LogP contribution in [-0.4, -0.2) is 15.5 Å². The molecule has 0 aliphatic carbocycles. The Morgan fingerprint density at radius 2 is 2.00 bits per heavy atom. The van der Waals surface area contributed by atoms with Crippen LogP contribution in [0.4, 0.5) is 0 Å². The Hall–Kier alpha value is -1.26. The minimum atomic E-state index is 0.612. The van der Waals surface area contributed by atoms with Gasteiger partial charge in [-0.2, -0.15) is 5.10 Å². The third-order valence-corrected chi connectivity index (χ3v) is 3.59. The first-order valence-electron chi connectivity index (χ1n) is 5.67. The molecule has 4 heteroatoms. The molecule has 1 heterocycles. The summed E-state index contributed by atoms with van der Waals surface area (Å²) in [5.74, 6) is 1.08. The third kappa shape index (κ3) is 3.61. The zero-order valence-electron chi connectivity index (χ0n) is 9.97. The summed E-state index contributed by atoms with van der Waals surface area (Å²) in [4.78, 5) is 1.30. The average Bonchev–Trinajstić information content (AvgIpc) is 2.76. The maximum absolute atomic E-state index is 5.56. The second kappa shape index (κ2) is 5.89. The van der Waals surface area contributed by atoms with E-state index in [0.29, 0.717) is 6.54 Å². The summed E-state index contributed by atoms with van der Waals surface area (Å²) in [6.07, 6.45) is 5.05. The molecule has 0 saturated carbocycles. The van der Waals surface area contributed by atoms with Gasteiger partial charge in [0.2, 0.25) is 0 Å². The van der Waals surface area contributed by atoms with Gasteiger partial charge in [0, 0.05) is 30.4 Å². The number of nitrogens with two attached hydrogens (primary N) is 1. The van der Waals surface area contributed by atoms with Crippen LogP contribution in [0.25, 0.3) is 0 Å². The lowest BCUT2D eigenvalue weighted by Gasteiger charge is -2.02. The van der Waals surface area contributed by atoms with Gasteiger partial charge in [-0.15, -0.1) is 11.8 Å². The Morgan fingerprint density at radius 1 is 1.24 bits per heavy atom. The van der Waals surface area contributed by atoms with Gasteiger partial charge in [-0.1, -0.05) is 12.1 Å². The highest BCUT2D eigenvalue weighted by molar-refractivity contribution is 7.99. The number of aromatic nitrogens is 2. The standard InChI is InChI=1S/C13H17N3S/c1-16-10-12(9-15-16)6-7-17-13-4-2-11(8-14)3-5-13/h2-5,9-10H,6-8,14H2,1H3. The summed E-state index contributed by atoms with van der Waals surface area (Å²) in [6, 6.07) is 8.45. The van der Waals surface area contributed by atoms with Gasteiger partial charge in [0.25, 0.3) is 0 Å². The molecule has 0 aliphatic heterocycles. The highest BCUT2D eigenvalue weighted by Crippen LogP contribution is 2.19. The summed E-state index contributed by atoms with van der Waals surface area (Å²) in [5, 5.41) is 4.16. The van der Waals surface area contributed by atoms with E-state index in [2.05, 4.69) is 35.6 Å². The van der Waals surface area contributed by atoms with E-state index in [9.17, 15) is 0 Å². The molecule has 0 saturated heterocycles. The fraction of sp³-hybridized carbons (Fsp3) is 0.308. The minimum Gasteiger partial charge on any atom is -0.326 e. The molecule has 2 N–H and O–H groups in total. The molecule has 0 unspecified atom stereocenters. The van der Waals surface area contributed by atoms with Gasteiger partial charge >= 0.3 is 0 Å². The summed E-state index contributed by atoms with van der Waals surface area (Å²) in [6.45, 7) is 0.612. The summed E-state index contributed by atoms with van der Waals surface area (Å²) in [5.41, 5.74) is 8.03. The van der Waals surface area contributed by atoms with Gasteiger partial charge in [0.1, 0.15) is 0 Å². The predicted octanol–water partition coefficient (Wildman–Crippen LogP) is 2.21. The van der Waals surface area contributed by atoms with Crippen molar-refractivity contribution in [1.82, 2.24) is 9.78 Å². The van der Waals surface area contributed by atoms with Crippen molar-refractivity contribution >= 4 is 11.8 Å². The Balaban J connectivity index is 1.81. The third-order valence-electron chi connectivity index (χ3n) is 2.58. The molecule has 0 aliphatic rings. The molecule has 1 aromatic heterocycles. The molecule has 0 fully saturated rings. The Kier molecular flexibility index (Phi) is 4.23. The van der Waals surface area contributed by atoms with E-state index in [1.165, 1.54) is 16.0 Å². The molecule has 0 bridgehead atoms. The Labute approximate surface area is 106 Å². The second-order valence-electron chi connectivity index (χ2n) is 3.97. The van der Waals surface area contributed by atoms with Gasteiger partial charge in [-0.05, 0) is 29.7 Å². The van der Waals surface area contributed by atoms with Crippen LogP contribution in [0.3, 0.4) is 0 Å². The maximum Gasteiger partial charge on any atom is 0.0521 e. The predicted molar refractivity (Wildman–Crippen MR) is 72.0 cm³/mol. The van der Waals surface area contributed by atoms with E-state index in [-0.39, 0.29) is 0 Å². The van der Waals surface area contributed by atoms with Crippen LogP contribution < -0.4 is 5.73 Å². The Morgan fingerprint density at radius 3 is 2.59 bits per heavy atom. The van der Waals surface area contributed by atoms with Crippen molar-refractivity contribution in [3.8, 4) is 0 Å². The van der Waals surface area contributed by atoms with Crippen LogP contribution >= 0.6 is 11.8 Å². The first-order chi connectivity index (χ1) is 8.28. The van der Waals surface area contributed by atoms with E-state index < -0.39 is 0 Å². The second-order valence-corrected chi connectivity index (χ2v) is 5.14. The zero-order valence-corrected chi connectivity index (χ0v) is 10.8. The number of aryl methyl sites for hydroxylation is 2.